The first-order chi connectivity index (χ1) is 8.56. The third-order valence-corrected chi connectivity index (χ3v) is 5.14. The van der Waals surface area contributed by atoms with E-state index >= 15 is 0 Å². The van der Waals surface area contributed by atoms with Gasteiger partial charge in [-0.2, -0.15) is 0 Å². The number of phosphoric acid groups is 1. The topological polar surface area (TPSA) is 71.7 Å². The molecule has 0 radical (unpaired) electrons. The molecule has 2 N–H and O–H groups in total. The smallest absolute Gasteiger partial charge is 0.337 e. The molecule has 0 unspecified atom stereocenters. The van der Waals surface area contributed by atoms with E-state index in [2.05, 4.69) is 4.52 Å². The molecule has 0 aliphatic carbocycles. The Labute approximate surface area is 110 Å². The lowest BCUT2D eigenvalue weighted by atomic mass is 10.5. The standard InChI is InChI=1S/C10H10NO4PS2/c12-16(13,14)15-4-3-11-7-1-5-17-9(7)10-8(11)2-6-18-10/h1-2,5-6H,3-4H2,(H2,12,13,14). The van der Waals surface area contributed by atoms with Crippen molar-refractivity contribution in [3.63, 3.8) is 0 Å². The second kappa shape index (κ2) is 4.45. The molecule has 0 aromatic carbocycles. The van der Waals surface area contributed by atoms with E-state index in [9.17, 15) is 4.57 Å². The summed E-state index contributed by atoms with van der Waals surface area (Å²) in [4.78, 5) is 17.4. The first-order valence-electron chi connectivity index (χ1n) is 5.19. The number of hydrogen-bond donors (Lipinski definition) is 2. The molecular formula is C10H10NO4PS2. The summed E-state index contributed by atoms with van der Waals surface area (Å²) >= 11 is 3.35. The van der Waals surface area contributed by atoms with E-state index in [0.717, 1.165) is 11.0 Å². The summed E-state index contributed by atoms with van der Waals surface area (Å²) in [5, 5.41) is 4.04. The molecule has 96 valence electrons. The van der Waals surface area contributed by atoms with Crippen LogP contribution in [0.1, 0.15) is 0 Å². The first kappa shape index (κ1) is 12.3. The number of aromatic nitrogens is 1. The van der Waals surface area contributed by atoms with Crippen LogP contribution in [0.4, 0.5) is 0 Å². The lowest BCUT2D eigenvalue weighted by molar-refractivity contribution is 0.192. The van der Waals surface area contributed by atoms with E-state index in [4.69, 9.17) is 9.79 Å². The van der Waals surface area contributed by atoms with Gasteiger partial charge in [0.2, 0.25) is 0 Å². The van der Waals surface area contributed by atoms with Gasteiger partial charge in [0.1, 0.15) is 0 Å². The molecule has 3 aromatic rings. The fraction of sp³-hybridized carbons (Fsp3) is 0.200. The predicted molar refractivity (Wildman–Crippen MR) is 73.2 cm³/mol. The minimum Gasteiger partial charge on any atom is -0.337 e. The molecule has 3 rings (SSSR count). The van der Waals surface area contributed by atoms with E-state index in [1.165, 1.54) is 9.40 Å². The van der Waals surface area contributed by atoms with Gasteiger partial charge in [0.05, 0.1) is 27.0 Å². The summed E-state index contributed by atoms with van der Waals surface area (Å²) in [6.07, 6.45) is 0. The van der Waals surface area contributed by atoms with Crippen molar-refractivity contribution in [3.05, 3.63) is 22.9 Å². The number of rotatable bonds is 4. The van der Waals surface area contributed by atoms with E-state index in [0.29, 0.717) is 6.54 Å². The van der Waals surface area contributed by atoms with Gasteiger partial charge in [-0.1, -0.05) is 0 Å². The maximum absolute atomic E-state index is 10.7. The zero-order chi connectivity index (χ0) is 12.8. The third-order valence-electron chi connectivity index (χ3n) is 2.65. The van der Waals surface area contributed by atoms with E-state index in [1.807, 2.05) is 27.5 Å². The fourth-order valence-electron chi connectivity index (χ4n) is 1.99. The Morgan fingerprint density at radius 1 is 1.17 bits per heavy atom. The maximum atomic E-state index is 10.7. The first-order valence-corrected chi connectivity index (χ1v) is 8.48. The van der Waals surface area contributed by atoms with Crippen molar-refractivity contribution >= 4 is 50.9 Å². The molecule has 0 saturated heterocycles. The van der Waals surface area contributed by atoms with Crippen LogP contribution in [0.25, 0.3) is 20.4 Å². The van der Waals surface area contributed by atoms with Crippen LogP contribution in [0.2, 0.25) is 0 Å². The molecule has 5 nitrogen and oxygen atoms in total. The van der Waals surface area contributed by atoms with Crippen molar-refractivity contribution < 1.29 is 18.9 Å². The minimum atomic E-state index is -4.38. The predicted octanol–water partition coefficient (Wildman–Crippen LogP) is 3.03. The number of hydrogen-bond acceptors (Lipinski definition) is 4. The summed E-state index contributed by atoms with van der Waals surface area (Å²) in [7, 11) is -4.38. The molecule has 0 spiro atoms. The zero-order valence-corrected chi connectivity index (χ0v) is 11.7. The van der Waals surface area contributed by atoms with Crippen molar-refractivity contribution in [1.29, 1.82) is 0 Å². The highest BCUT2D eigenvalue weighted by molar-refractivity contribution is 7.46. The average Bonchev–Trinajstić information content (AvgIpc) is 2.92. The monoisotopic (exact) mass is 303 g/mol. The average molecular weight is 303 g/mol. The van der Waals surface area contributed by atoms with Crippen molar-refractivity contribution in [2.45, 2.75) is 6.54 Å². The highest BCUT2D eigenvalue weighted by atomic mass is 32.1. The van der Waals surface area contributed by atoms with Crippen molar-refractivity contribution in [3.8, 4) is 0 Å². The molecule has 0 bridgehead atoms. The summed E-state index contributed by atoms with van der Waals surface area (Å²) in [6.45, 7) is 0.424. The van der Waals surface area contributed by atoms with Crippen LogP contribution in [0, 0.1) is 0 Å². The van der Waals surface area contributed by atoms with Crippen molar-refractivity contribution in [2.75, 3.05) is 6.61 Å². The Bertz CT molecular complexity index is 689. The van der Waals surface area contributed by atoms with Gasteiger partial charge in [0.15, 0.2) is 0 Å². The minimum absolute atomic E-state index is 0.00511. The second-order valence-electron chi connectivity index (χ2n) is 3.75. The molecular weight excluding hydrogens is 293 g/mol. The summed E-state index contributed by atoms with van der Waals surface area (Å²) in [5.41, 5.74) is 2.19. The molecule has 0 fully saturated rings. The van der Waals surface area contributed by atoms with Gasteiger partial charge in [-0.05, 0) is 22.9 Å². The number of fused-ring (bicyclic) bond motifs is 3. The Morgan fingerprint density at radius 2 is 1.72 bits per heavy atom. The SMILES string of the molecule is O=P(O)(O)OCCn1c2ccsc2c2sccc21. The van der Waals surface area contributed by atoms with Gasteiger partial charge in [-0.25, -0.2) is 4.57 Å². The zero-order valence-electron chi connectivity index (χ0n) is 9.15. The Balaban J connectivity index is 1.95. The molecule has 8 heteroatoms. The van der Waals surface area contributed by atoms with Crippen LogP contribution >= 0.6 is 30.5 Å². The van der Waals surface area contributed by atoms with E-state index < -0.39 is 7.82 Å². The lowest BCUT2D eigenvalue weighted by Crippen LogP contribution is -2.04. The Hall–Kier alpha value is -0.690. The van der Waals surface area contributed by atoms with Gasteiger partial charge in [-0.3, -0.25) is 4.52 Å². The molecule has 0 saturated carbocycles. The molecule has 3 aromatic heterocycles. The third kappa shape index (κ3) is 2.14. The molecule has 3 heterocycles. The van der Waals surface area contributed by atoms with Crippen LogP contribution in [0.3, 0.4) is 0 Å². The van der Waals surface area contributed by atoms with Gasteiger partial charge < -0.3 is 14.4 Å². The van der Waals surface area contributed by atoms with Crippen molar-refractivity contribution in [1.82, 2.24) is 4.57 Å². The molecule has 0 atom stereocenters. The van der Waals surface area contributed by atoms with Crippen LogP contribution in [-0.4, -0.2) is 21.0 Å². The van der Waals surface area contributed by atoms with Crippen molar-refractivity contribution in [2.24, 2.45) is 0 Å². The molecule has 0 aliphatic heterocycles. The number of phosphoric ester groups is 1. The summed E-state index contributed by atoms with van der Waals surface area (Å²) < 4.78 is 19.6. The van der Waals surface area contributed by atoms with Crippen LogP contribution in [0.5, 0.6) is 0 Å². The summed E-state index contributed by atoms with van der Waals surface area (Å²) in [5.74, 6) is 0. The quantitative estimate of drug-likeness (QED) is 0.727. The highest BCUT2D eigenvalue weighted by Crippen LogP contribution is 2.38. The van der Waals surface area contributed by atoms with Gasteiger partial charge >= 0.3 is 7.82 Å². The van der Waals surface area contributed by atoms with Gasteiger partial charge in [0, 0.05) is 6.54 Å². The van der Waals surface area contributed by atoms with Gasteiger partial charge in [0.25, 0.3) is 0 Å². The van der Waals surface area contributed by atoms with E-state index in [-0.39, 0.29) is 6.61 Å². The van der Waals surface area contributed by atoms with E-state index in [1.54, 1.807) is 22.7 Å². The summed E-state index contributed by atoms with van der Waals surface area (Å²) in [6, 6.07) is 4.04. The lowest BCUT2D eigenvalue weighted by Gasteiger charge is -2.07. The fourth-order valence-corrected chi connectivity index (χ4v) is 4.29. The second-order valence-corrected chi connectivity index (χ2v) is 6.82. The molecule has 18 heavy (non-hydrogen) atoms. The largest absolute Gasteiger partial charge is 0.469 e. The number of nitrogens with zero attached hydrogens (tertiary/aromatic N) is 1. The van der Waals surface area contributed by atoms with Crippen LogP contribution in [-0.2, 0) is 15.6 Å². The molecule has 0 amide bonds. The van der Waals surface area contributed by atoms with Crippen LogP contribution in [0.15, 0.2) is 22.9 Å². The molecule has 0 aliphatic rings. The Morgan fingerprint density at radius 3 is 2.22 bits per heavy atom. The van der Waals surface area contributed by atoms with Crippen LogP contribution < -0.4 is 0 Å². The van der Waals surface area contributed by atoms with Gasteiger partial charge in [-0.15, -0.1) is 22.7 Å². The normalized spacial score (nSPS) is 12.8. The maximum Gasteiger partial charge on any atom is 0.469 e. The number of thiophene rings is 2. The highest BCUT2D eigenvalue weighted by Gasteiger charge is 2.16. The Kier molecular flexibility index (Phi) is 3.05.